The Morgan fingerprint density at radius 2 is 1.97 bits per heavy atom. The number of aryl methyl sites for hydroxylation is 2. The van der Waals surface area contributed by atoms with Crippen LogP contribution < -0.4 is 10.1 Å². The van der Waals surface area contributed by atoms with E-state index in [4.69, 9.17) is 27.9 Å². The predicted molar refractivity (Wildman–Crippen MR) is 121 cm³/mol. The van der Waals surface area contributed by atoms with Crippen molar-refractivity contribution in [3.63, 3.8) is 0 Å². The van der Waals surface area contributed by atoms with E-state index in [1.165, 1.54) is 5.56 Å². The lowest BCUT2D eigenvalue weighted by Gasteiger charge is -2.09. The van der Waals surface area contributed by atoms with Crippen LogP contribution in [0, 0.1) is 13.8 Å². The van der Waals surface area contributed by atoms with Crippen molar-refractivity contribution >= 4 is 34.8 Å². The summed E-state index contributed by atoms with van der Waals surface area (Å²) in [7, 11) is 0. The van der Waals surface area contributed by atoms with Crippen molar-refractivity contribution in [1.82, 2.24) is 20.0 Å². The fourth-order valence-electron chi connectivity index (χ4n) is 3.04. The third-order valence-electron chi connectivity index (χ3n) is 4.61. The van der Waals surface area contributed by atoms with E-state index < -0.39 is 0 Å². The Hall–Kier alpha value is -3.29. The molecule has 158 valence electrons. The Morgan fingerprint density at radius 1 is 1.13 bits per heavy atom. The van der Waals surface area contributed by atoms with Gasteiger partial charge in [0.15, 0.2) is 6.73 Å². The molecule has 4 aromatic rings. The number of carbonyl (C=O) groups excluding carboxylic acids is 1. The molecule has 1 amide bonds. The van der Waals surface area contributed by atoms with Crippen molar-refractivity contribution in [1.29, 1.82) is 0 Å². The molecule has 4 rings (SSSR count). The predicted octanol–water partition coefficient (Wildman–Crippen LogP) is 5.49. The van der Waals surface area contributed by atoms with Gasteiger partial charge >= 0.3 is 0 Å². The van der Waals surface area contributed by atoms with Crippen LogP contribution in [0.1, 0.15) is 21.6 Å². The summed E-state index contributed by atoms with van der Waals surface area (Å²) in [5.74, 6) is 0.452. The highest BCUT2D eigenvalue weighted by Crippen LogP contribution is 2.28. The molecule has 0 aliphatic rings. The Bertz CT molecular complexity index is 1250. The van der Waals surface area contributed by atoms with Crippen LogP contribution in [-0.2, 0) is 6.73 Å². The van der Waals surface area contributed by atoms with Gasteiger partial charge in [0, 0.05) is 5.56 Å². The summed E-state index contributed by atoms with van der Waals surface area (Å²) in [5, 5.41) is 14.8. The Kier molecular flexibility index (Phi) is 5.97. The molecule has 0 unspecified atom stereocenters. The fraction of sp³-hybridized carbons (Fsp3) is 0.136. The number of hydrogen-bond acceptors (Lipinski definition) is 4. The van der Waals surface area contributed by atoms with Gasteiger partial charge in [0.1, 0.15) is 11.4 Å². The summed E-state index contributed by atoms with van der Waals surface area (Å²) in [6.45, 7) is 4.26. The first-order chi connectivity index (χ1) is 14.9. The largest absolute Gasteiger partial charge is 0.471 e. The number of aromatic amines is 1. The van der Waals surface area contributed by atoms with Gasteiger partial charge in [-0.05, 0) is 43.7 Å². The molecule has 2 heterocycles. The second-order valence-electron chi connectivity index (χ2n) is 7.06. The second-order valence-corrected chi connectivity index (χ2v) is 7.88. The average molecular weight is 456 g/mol. The van der Waals surface area contributed by atoms with E-state index in [0.29, 0.717) is 27.1 Å². The molecular formula is C22H19Cl2N5O2. The van der Waals surface area contributed by atoms with E-state index in [1.54, 1.807) is 41.3 Å². The minimum absolute atomic E-state index is 0.227. The van der Waals surface area contributed by atoms with Gasteiger partial charge in [-0.1, -0.05) is 47.0 Å². The van der Waals surface area contributed by atoms with Crippen LogP contribution in [0.2, 0.25) is 10.0 Å². The number of halogens is 2. The zero-order valence-corrected chi connectivity index (χ0v) is 18.3. The lowest BCUT2D eigenvalue weighted by atomic mass is 10.1. The van der Waals surface area contributed by atoms with Crippen molar-refractivity contribution in [2.45, 2.75) is 20.6 Å². The summed E-state index contributed by atoms with van der Waals surface area (Å²) < 4.78 is 7.40. The smallest absolute Gasteiger partial charge is 0.273 e. The molecule has 0 bridgehead atoms. The van der Waals surface area contributed by atoms with Gasteiger partial charge in [-0.15, -0.1) is 0 Å². The molecule has 9 heteroatoms. The molecule has 0 aliphatic carbocycles. The van der Waals surface area contributed by atoms with Crippen molar-refractivity contribution in [3.8, 4) is 17.0 Å². The first-order valence-electron chi connectivity index (χ1n) is 9.44. The summed E-state index contributed by atoms with van der Waals surface area (Å²) in [4.78, 5) is 12.5. The molecule has 0 radical (unpaired) electrons. The second kappa shape index (κ2) is 8.83. The van der Waals surface area contributed by atoms with Crippen molar-refractivity contribution < 1.29 is 9.53 Å². The lowest BCUT2D eigenvalue weighted by Crippen LogP contribution is -2.12. The number of H-pyrrole nitrogens is 1. The first kappa shape index (κ1) is 21.0. The average Bonchev–Trinajstić information content (AvgIpc) is 3.39. The Labute approximate surface area is 188 Å². The van der Waals surface area contributed by atoms with Gasteiger partial charge < -0.3 is 10.1 Å². The maximum absolute atomic E-state index is 12.5. The molecule has 0 saturated carbocycles. The van der Waals surface area contributed by atoms with E-state index in [0.717, 1.165) is 16.9 Å². The third kappa shape index (κ3) is 4.90. The SMILES string of the molecule is Cc1ccc(OCn2cc(NC(=O)c3cc(-c4ccc(Cl)c(Cl)c4)n[nH]3)cn2)c(C)c1. The minimum Gasteiger partial charge on any atom is -0.471 e. The zero-order chi connectivity index (χ0) is 22.0. The molecule has 31 heavy (non-hydrogen) atoms. The minimum atomic E-state index is -0.339. The van der Waals surface area contributed by atoms with Crippen LogP contribution in [0.15, 0.2) is 54.9 Å². The number of hydrogen-bond donors (Lipinski definition) is 2. The normalized spacial score (nSPS) is 10.8. The maximum Gasteiger partial charge on any atom is 0.273 e. The number of carbonyl (C=O) groups is 1. The van der Waals surface area contributed by atoms with Gasteiger partial charge in [0.2, 0.25) is 0 Å². The third-order valence-corrected chi connectivity index (χ3v) is 5.35. The quantitative estimate of drug-likeness (QED) is 0.402. The van der Waals surface area contributed by atoms with Gasteiger partial charge in [-0.3, -0.25) is 9.89 Å². The molecule has 0 atom stereocenters. The van der Waals surface area contributed by atoms with Crippen molar-refractivity contribution in [2.75, 3.05) is 5.32 Å². The molecule has 2 aromatic carbocycles. The van der Waals surface area contributed by atoms with E-state index in [1.807, 2.05) is 26.0 Å². The van der Waals surface area contributed by atoms with E-state index in [9.17, 15) is 4.79 Å². The number of nitrogens with one attached hydrogen (secondary N) is 2. The molecule has 0 fully saturated rings. The summed E-state index contributed by atoms with van der Waals surface area (Å²) in [6.07, 6.45) is 3.25. The van der Waals surface area contributed by atoms with E-state index >= 15 is 0 Å². The van der Waals surface area contributed by atoms with Gasteiger partial charge in [0.05, 0.1) is 33.8 Å². The molecule has 0 spiro atoms. The molecule has 7 nitrogen and oxygen atoms in total. The van der Waals surface area contributed by atoms with Crippen LogP contribution >= 0.6 is 23.2 Å². The molecule has 0 saturated heterocycles. The molecule has 0 aliphatic heterocycles. The Balaban J connectivity index is 1.39. The van der Waals surface area contributed by atoms with Crippen LogP contribution in [0.5, 0.6) is 5.75 Å². The highest BCUT2D eigenvalue weighted by atomic mass is 35.5. The molecule has 2 aromatic heterocycles. The van der Waals surface area contributed by atoms with Crippen LogP contribution in [0.4, 0.5) is 5.69 Å². The van der Waals surface area contributed by atoms with E-state index in [-0.39, 0.29) is 12.6 Å². The van der Waals surface area contributed by atoms with Crippen LogP contribution in [0.25, 0.3) is 11.3 Å². The highest BCUT2D eigenvalue weighted by Gasteiger charge is 2.13. The van der Waals surface area contributed by atoms with E-state index in [2.05, 4.69) is 26.7 Å². The number of nitrogens with zero attached hydrogens (tertiary/aromatic N) is 3. The number of rotatable bonds is 6. The number of anilines is 1. The number of ether oxygens (including phenoxy) is 1. The van der Waals surface area contributed by atoms with Gasteiger partial charge in [-0.2, -0.15) is 10.2 Å². The number of amides is 1. The maximum atomic E-state index is 12.5. The summed E-state index contributed by atoms with van der Waals surface area (Å²) in [6, 6.07) is 12.8. The van der Waals surface area contributed by atoms with Crippen molar-refractivity contribution in [3.05, 3.63) is 81.7 Å². The highest BCUT2D eigenvalue weighted by molar-refractivity contribution is 6.42. The van der Waals surface area contributed by atoms with Gasteiger partial charge in [-0.25, -0.2) is 4.68 Å². The standard InChI is InChI=1S/C22H19Cl2N5O2/c1-13-3-6-21(14(2)7-13)31-12-29-11-16(10-25-29)26-22(30)20-9-19(27-28-20)15-4-5-17(23)18(24)8-15/h3-11H,12H2,1-2H3,(H,26,30)(H,27,28). The van der Waals surface area contributed by atoms with Crippen LogP contribution in [0.3, 0.4) is 0 Å². The monoisotopic (exact) mass is 455 g/mol. The number of benzene rings is 2. The first-order valence-corrected chi connectivity index (χ1v) is 10.2. The molecular weight excluding hydrogens is 437 g/mol. The fourth-order valence-corrected chi connectivity index (χ4v) is 3.33. The van der Waals surface area contributed by atoms with Crippen LogP contribution in [-0.4, -0.2) is 25.9 Å². The van der Waals surface area contributed by atoms with Crippen molar-refractivity contribution in [2.24, 2.45) is 0 Å². The molecule has 2 N–H and O–H groups in total. The Morgan fingerprint density at radius 3 is 2.74 bits per heavy atom. The lowest BCUT2D eigenvalue weighted by molar-refractivity contribution is 0.102. The summed E-state index contributed by atoms with van der Waals surface area (Å²) >= 11 is 12.0. The number of aromatic nitrogens is 4. The zero-order valence-electron chi connectivity index (χ0n) is 16.8. The van der Waals surface area contributed by atoms with Gasteiger partial charge in [0.25, 0.3) is 5.91 Å². The summed E-state index contributed by atoms with van der Waals surface area (Å²) in [5.41, 5.74) is 4.41. The topological polar surface area (TPSA) is 84.8 Å².